The molecule has 2 rings (SSSR count). The maximum atomic E-state index is 5.27. The second-order valence-electron chi connectivity index (χ2n) is 6.75. The molecule has 118 valence electrons. The Labute approximate surface area is 125 Å². The van der Waals surface area contributed by atoms with Crippen LogP contribution in [0.3, 0.4) is 0 Å². The van der Waals surface area contributed by atoms with Gasteiger partial charge in [-0.2, -0.15) is 0 Å². The Morgan fingerprint density at radius 2 is 1.85 bits per heavy atom. The second-order valence-corrected chi connectivity index (χ2v) is 6.75. The van der Waals surface area contributed by atoms with E-state index < -0.39 is 0 Å². The van der Waals surface area contributed by atoms with Crippen LogP contribution >= 0.6 is 0 Å². The normalized spacial score (nSPS) is 22.4. The fourth-order valence-corrected chi connectivity index (χ4v) is 3.50. The molecule has 0 amide bonds. The summed E-state index contributed by atoms with van der Waals surface area (Å²) in [5.41, 5.74) is 0. The Bertz CT molecular complexity index is 249. The van der Waals surface area contributed by atoms with Crippen molar-refractivity contribution >= 4 is 0 Å². The van der Waals surface area contributed by atoms with E-state index in [1.165, 1.54) is 64.5 Å². The van der Waals surface area contributed by atoms with Crippen LogP contribution in [0.15, 0.2) is 0 Å². The zero-order chi connectivity index (χ0) is 14.2. The van der Waals surface area contributed by atoms with Gasteiger partial charge in [0, 0.05) is 25.7 Å². The lowest BCUT2D eigenvalue weighted by Crippen LogP contribution is -2.39. The van der Waals surface area contributed by atoms with Crippen LogP contribution in [0.5, 0.6) is 0 Å². The zero-order valence-electron chi connectivity index (χ0n) is 13.6. The predicted octanol–water partition coefficient (Wildman–Crippen LogP) is 3.05. The third-order valence-electron chi connectivity index (χ3n) is 5.12. The first kappa shape index (κ1) is 16.3. The van der Waals surface area contributed by atoms with Gasteiger partial charge < -0.3 is 10.1 Å². The van der Waals surface area contributed by atoms with Crippen LogP contribution in [0, 0.1) is 5.92 Å². The van der Waals surface area contributed by atoms with Crippen molar-refractivity contribution in [3.8, 4) is 0 Å². The fraction of sp³-hybridized carbons (Fsp3) is 1.00. The van der Waals surface area contributed by atoms with Crippen molar-refractivity contribution < 1.29 is 4.74 Å². The Morgan fingerprint density at radius 3 is 2.50 bits per heavy atom. The van der Waals surface area contributed by atoms with Gasteiger partial charge in [-0.05, 0) is 58.0 Å². The highest BCUT2D eigenvalue weighted by Gasteiger charge is 2.31. The van der Waals surface area contributed by atoms with Crippen molar-refractivity contribution in [1.82, 2.24) is 10.2 Å². The molecule has 2 fully saturated rings. The molecule has 1 unspecified atom stereocenters. The number of hydrogen-bond donors (Lipinski definition) is 1. The number of methoxy groups -OCH3 is 1. The van der Waals surface area contributed by atoms with E-state index in [9.17, 15) is 0 Å². The summed E-state index contributed by atoms with van der Waals surface area (Å²) in [6.45, 7) is 6.78. The first-order chi connectivity index (χ1) is 9.81. The summed E-state index contributed by atoms with van der Waals surface area (Å²) in [7, 11) is 1.81. The fourth-order valence-electron chi connectivity index (χ4n) is 3.50. The van der Waals surface area contributed by atoms with Crippen LogP contribution in [0.4, 0.5) is 0 Å². The highest BCUT2D eigenvalue weighted by molar-refractivity contribution is 4.85. The van der Waals surface area contributed by atoms with Crippen molar-refractivity contribution in [3.05, 3.63) is 0 Å². The van der Waals surface area contributed by atoms with Crippen molar-refractivity contribution in [1.29, 1.82) is 0 Å². The Morgan fingerprint density at radius 1 is 1.10 bits per heavy atom. The summed E-state index contributed by atoms with van der Waals surface area (Å²) in [5, 5.41) is 3.76. The number of nitrogens with one attached hydrogen (secondary N) is 1. The monoisotopic (exact) mass is 282 g/mol. The number of rotatable bonds is 10. The number of ether oxygens (including phenoxy) is 1. The molecule has 1 N–H and O–H groups in total. The van der Waals surface area contributed by atoms with Crippen LogP contribution in [0.25, 0.3) is 0 Å². The van der Waals surface area contributed by atoms with Gasteiger partial charge in [-0.15, -0.1) is 0 Å². The molecule has 0 spiro atoms. The molecule has 2 saturated carbocycles. The van der Waals surface area contributed by atoms with E-state index >= 15 is 0 Å². The molecule has 0 heterocycles. The molecule has 0 aromatic heterocycles. The lowest BCUT2D eigenvalue weighted by atomic mass is 9.95. The molecule has 3 nitrogen and oxygen atoms in total. The maximum Gasteiger partial charge on any atom is 0.0589 e. The average molecular weight is 282 g/mol. The molecule has 0 aromatic rings. The standard InChI is InChI=1S/C17H34N2O/c1-15(16-9-10-16)19(13-14-20-2)12-6-11-18-17-7-4-3-5-8-17/h15-18H,3-14H2,1-2H3. The minimum Gasteiger partial charge on any atom is -0.383 e. The zero-order valence-corrected chi connectivity index (χ0v) is 13.6. The van der Waals surface area contributed by atoms with Gasteiger partial charge in [0.1, 0.15) is 0 Å². The summed E-state index contributed by atoms with van der Waals surface area (Å²) < 4.78 is 5.27. The SMILES string of the molecule is COCCN(CCCNC1CCCCC1)C(C)C1CC1. The lowest BCUT2D eigenvalue weighted by molar-refractivity contribution is 0.115. The third-order valence-corrected chi connectivity index (χ3v) is 5.12. The van der Waals surface area contributed by atoms with Crippen LogP contribution < -0.4 is 5.32 Å². The highest BCUT2D eigenvalue weighted by Crippen LogP contribution is 2.35. The van der Waals surface area contributed by atoms with Gasteiger partial charge in [0.05, 0.1) is 6.61 Å². The van der Waals surface area contributed by atoms with Crippen molar-refractivity contribution in [2.75, 3.05) is 33.4 Å². The molecule has 20 heavy (non-hydrogen) atoms. The van der Waals surface area contributed by atoms with Crippen molar-refractivity contribution in [2.45, 2.75) is 70.4 Å². The molecule has 0 aromatic carbocycles. The van der Waals surface area contributed by atoms with Gasteiger partial charge in [0.25, 0.3) is 0 Å². The van der Waals surface area contributed by atoms with Crippen LogP contribution in [-0.4, -0.2) is 50.3 Å². The molecule has 1 atom stereocenters. The summed E-state index contributed by atoms with van der Waals surface area (Å²) in [4.78, 5) is 2.64. The van der Waals surface area contributed by atoms with Crippen molar-refractivity contribution in [2.24, 2.45) is 5.92 Å². The largest absolute Gasteiger partial charge is 0.383 e. The van der Waals surface area contributed by atoms with Gasteiger partial charge in [-0.1, -0.05) is 19.3 Å². The van der Waals surface area contributed by atoms with Gasteiger partial charge in [-0.25, -0.2) is 0 Å². The predicted molar refractivity (Wildman–Crippen MR) is 85.1 cm³/mol. The quantitative estimate of drug-likeness (QED) is 0.623. The summed E-state index contributed by atoms with van der Waals surface area (Å²) in [5.74, 6) is 0.957. The second kappa shape index (κ2) is 9.01. The van der Waals surface area contributed by atoms with Gasteiger partial charge in [-0.3, -0.25) is 4.90 Å². The van der Waals surface area contributed by atoms with Gasteiger partial charge >= 0.3 is 0 Å². The Kier molecular flexibility index (Phi) is 7.32. The summed E-state index contributed by atoms with van der Waals surface area (Å²) in [6, 6.07) is 1.55. The molecule has 0 saturated heterocycles. The average Bonchev–Trinajstić information content (AvgIpc) is 3.31. The van der Waals surface area contributed by atoms with E-state index in [0.717, 1.165) is 31.2 Å². The number of nitrogens with zero attached hydrogens (tertiary/aromatic N) is 1. The first-order valence-corrected chi connectivity index (χ1v) is 8.77. The molecule has 0 bridgehead atoms. The Hall–Kier alpha value is -0.120. The topological polar surface area (TPSA) is 24.5 Å². The first-order valence-electron chi connectivity index (χ1n) is 8.77. The molecular formula is C17H34N2O. The molecule has 2 aliphatic carbocycles. The third kappa shape index (κ3) is 5.71. The van der Waals surface area contributed by atoms with E-state index in [4.69, 9.17) is 4.74 Å². The van der Waals surface area contributed by atoms with Crippen LogP contribution in [0.1, 0.15) is 58.3 Å². The highest BCUT2D eigenvalue weighted by atomic mass is 16.5. The van der Waals surface area contributed by atoms with Gasteiger partial charge in [0.2, 0.25) is 0 Å². The van der Waals surface area contributed by atoms with E-state index in [1.54, 1.807) is 0 Å². The lowest BCUT2D eigenvalue weighted by Gasteiger charge is -2.29. The Balaban J connectivity index is 1.60. The summed E-state index contributed by atoms with van der Waals surface area (Å²) >= 11 is 0. The van der Waals surface area contributed by atoms with Crippen molar-refractivity contribution in [3.63, 3.8) is 0 Å². The molecule has 0 radical (unpaired) electrons. The van der Waals surface area contributed by atoms with E-state index in [-0.39, 0.29) is 0 Å². The number of hydrogen-bond acceptors (Lipinski definition) is 3. The molecule has 0 aliphatic heterocycles. The maximum absolute atomic E-state index is 5.27. The van der Waals surface area contributed by atoms with E-state index in [2.05, 4.69) is 17.1 Å². The molecule has 2 aliphatic rings. The summed E-state index contributed by atoms with van der Waals surface area (Å²) in [6.07, 6.45) is 11.2. The smallest absolute Gasteiger partial charge is 0.0589 e. The van der Waals surface area contributed by atoms with Gasteiger partial charge in [0.15, 0.2) is 0 Å². The minimum atomic E-state index is 0.750. The van der Waals surface area contributed by atoms with Crippen LogP contribution in [0.2, 0.25) is 0 Å². The minimum absolute atomic E-state index is 0.750. The van der Waals surface area contributed by atoms with E-state index in [1.807, 2.05) is 7.11 Å². The van der Waals surface area contributed by atoms with Crippen LogP contribution in [-0.2, 0) is 4.74 Å². The van der Waals surface area contributed by atoms with E-state index in [0.29, 0.717) is 0 Å². The molecule has 3 heteroatoms. The molecular weight excluding hydrogens is 248 g/mol.